The zero-order valence-electron chi connectivity index (χ0n) is 18.0. The van der Waals surface area contributed by atoms with Crippen LogP contribution >= 0.6 is 23.2 Å². The Kier molecular flexibility index (Phi) is 6.86. The summed E-state index contributed by atoms with van der Waals surface area (Å²) in [4.78, 5) is 38.2. The Balaban J connectivity index is 1.41. The maximum Gasteiger partial charge on any atom is 0.333 e. The number of carbonyl (C=O) groups excluding carboxylic acids is 3. The zero-order valence-corrected chi connectivity index (χ0v) is 19.5. The smallest absolute Gasteiger partial charge is 0.333 e. The lowest BCUT2D eigenvalue weighted by Gasteiger charge is -2.11. The number of benzene rings is 3. The Morgan fingerprint density at radius 3 is 2.41 bits per heavy atom. The van der Waals surface area contributed by atoms with Gasteiger partial charge in [0.25, 0.3) is 11.8 Å². The molecule has 0 aromatic heterocycles. The minimum absolute atomic E-state index is 0.0992. The molecule has 4 amide bonds. The summed E-state index contributed by atoms with van der Waals surface area (Å²) in [6.45, 7) is 1.74. The third-order valence-corrected chi connectivity index (χ3v) is 5.47. The highest BCUT2D eigenvalue weighted by Crippen LogP contribution is 2.28. The van der Waals surface area contributed by atoms with E-state index < -0.39 is 11.9 Å². The van der Waals surface area contributed by atoms with E-state index in [9.17, 15) is 14.4 Å². The predicted octanol–water partition coefficient (Wildman–Crippen LogP) is 5.42. The molecule has 172 valence electrons. The summed E-state index contributed by atoms with van der Waals surface area (Å²) < 4.78 is 5.52. The van der Waals surface area contributed by atoms with Crippen molar-refractivity contribution in [2.45, 2.75) is 6.92 Å². The molecule has 0 atom stereocenters. The van der Waals surface area contributed by atoms with Gasteiger partial charge >= 0.3 is 6.03 Å². The number of halogens is 2. The van der Waals surface area contributed by atoms with Gasteiger partial charge in [-0.05, 0) is 67.1 Å². The molecule has 0 bridgehead atoms. The molecule has 34 heavy (non-hydrogen) atoms. The summed E-state index contributed by atoms with van der Waals surface area (Å²) in [7, 11) is 0. The molecule has 0 unspecified atom stereocenters. The van der Waals surface area contributed by atoms with E-state index in [0.717, 1.165) is 10.5 Å². The van der Waals surface area contributed by atoms with Crippen molar-refractivity contribution in [2.75, 3.05) is 16.8 Å². The van der Waals surface area contributed by atoms with Crippen LogP contribution in [0.3, 0.4) is 0 Å². The number of anilines is 2. The van der Waals surface area contributed by atoms with Crippen molar-refractivity contribution in [1.82, 2.24) is 5.32 Å². The van der Waals surface area contributed by atoms with Crippen LogP contribution in [0, 0.1) is 6.92 Å². The van der Waals surface area contributed by atoms with Gasteiger partial charge in [-0.3, -0.25) is 9.59 Å². The van der Waals surface area contributed by atoms with E-state index >= 15 is 0 Å². The first-order valence-corrected chi connectivity index (χ1v) is 11.0. The first-order valence-electron chi connectivity index (χ1n) is 10.2. The summed E-state index contributed by atoms with van der Waals surface area (Å²) in [5, 5.41) is 6.05. The fraction of sp³-hybridized carbons (Fsp3) is 0.0800. The number of imide groups is 1. The predicted molar refractivity (Wildman–Crippen MR) is 132 cm³/mol. The lowest BCUT2D eigenvalue weighted by molar-refractivity contribution is -0.118. The number of carbonyl (C=O) groups is 3. The maximum absolute atomic E-state index is 12.7. The molecule has 2 N–H and O–H groups in total. The molecule has 9 heteroatoms. The number of nitrogens with zero attached hydrogens (tertiary/aromatic N) is 1. The topological polar surface area (TPSA) is 87.7 Å². The zero-order chi connectivity index (χ0) is 24.2. The highest BCUT2D eigenvalue weighted by Gasteiger charge is 2.34. The van der Waals surface area contributed by atoms with Gasteiger partial charge < -0.3 is 15.4 Å². The van der Waals surface area contributed by atoms with E-state index in [1.54, 1.807) is 54.6 Å². The summed E-state index contributed by atoms with van der Waals surface area (Å²) in [5.74, 6) is -0.517. The van der Waals surface area contributed by atoms with Crippen LogP contribution in [0.4, 0.5) is 16.2 Å². The summed E-state index contributed by atoms with van der Waals surface area (Å²) in [6, 6.07) is 18.0. The van der Waals surface area contributed by atoms with Crippen molar-refractivity contribution in [1.29, 1.82) is 0 Å². The first-order chi connectivity index (χ1) is 16.3. The Bertz CT molecular complexity index is 1290. The second-order valence-corrected chi connectivity index (χ2v) is 8.34. The number of ether oxygens (including phenoxy) is 1. The van der Waals surface area contributed by atoms with Gasteiger partial charge in [0.1, 0.15) is 11.4 Å². The lowest BCUT2D eigenvalue weighted by Crippen LogP contribution is -2.30. The van der Waals surface area contributed by atoms with Crippen molar-refractivity contribution in [2.24, 2.45) is 0 Å². The maximum atomic E-state index is 12.7. The van der Waals surface area contributed by atoms with Crippen LogP contribution in [0.5, 0.6) is 5.75 Å². The monoisotopic (exact) mass is 495 g/mol. The Labute approximate surface area is 205 Å². The SMILES string of the molecule is Cc1ccc(NC(=O)COc2ccc(/C=C3/NC(=O)N(c4ccc(Cl)cc4)C3=O)cc2Cl)cc1. The Morgan fingerprint density at radius 1 is 1.03 bits per heavy atom. The largest absolute Gasteiger partial charge is 0.482 e. The minimum atomic E-state index is -0.566. The second kappa shape index (κ2) is 9.99. The molecule has 7 nitrogen and oxygen atoms in total. The van der Waals surface area contributed by atoms with Gasteiger partial charge in [-0.1, -0.05) is 47.0 Å². The Morgan fingerprint density at radius 2 is 1.74 bits per heavy atom. The highest BCUT2D eigenvalue weighted by molar-refractivity contribution is 6.32. The number of aryl methyl sites for hydroxylation is 1. The lowest BCUT2D eigenvalue weighted by atomic mass is 10.1. The minimum Gasteiger partial charge on any atom is -0.482 e. The molecule has 0 aliphatic carbocycles. The van der Waals surface area contributed by atoms with Gasteiger partial charge in [-0.15, -0.1) is 0 Å². The van der Waals surface area contributed by atoms with Crippen molar-refractivity contribution in [3.8, 4) is 5.75 Å². The summed E-state index contributed by atoms with van der Waals surface area (Å²) >= 11 is 12.2. The third-order valence-electron chi connectivity index (χ3n) is 4.92. The number of hydrogen-bond donors (Lipinski definition) is 2. The van der Waals surface area contributed by atoms with E-state index in [2.05, 4.69) is 10.6 Å². The van der Waals surface area contributed by atoms with Crippen LogP contribution in [0.2, 0.25) is 10.0 Å². The second-order valence-electron chi connectivity index (χ2n) is 7.50. The molecule has 1 saturated heterocycles. The van der Waals surface area contributed by atoms with Gasteiger partial charge in [0.05, 0.1) is 10.7 Å². The van der Waals surface area contributed by atoms with E-state index in [1.165, 1.54) is 6.08 Å². The van der Waals surface area contributed by atoms with Gasteiger partial charge in [-0.25, -0.2) is 9.69 Å². The van der Waals surface area contributed by atoms with Crippen LogP contribution in [0.1, 0.15) is 11.1 Å². The van der Waals surface area contributed by atoms with Crippen molar-refractivity contribution in [3.05, 3.63) is 93.6 Å². The number of hydrogen-bond acceptors (Lipinski definition) is 4. The molecular weight excluding hydrogens is 477 g/mol. The fourth-order valence-electron chi connectivity index (χ4n) is 3.23. The van der Waals surface area contributed by atoms with Crippen molar-refractivity contribution < 1.29 is 19.1 Å². The van der Waals surface area contributed by atoms with Crippen LogP contribution in [-0.4, -0.2) is 24.5 Å². The van der Waals surface area contributed by atoms with Gasteiger partial charge in [0.2, 0.25) is 0 Å². The fourth-order valence-corrected chi connectivity index (χ4v) is 3.60. The molecule has 3 aromatic carbocycles. The normalized spacial score (nSPS) is 14.3. The van der Waals surface area contributed by atoms with Crippen LogP contribution in [-0.2, 0) is 9.59 Å². The molecule has 0 saturated carbocycles. The Hall–Kier alpha value is -3.81. The number of urea groups is 1. The molecule has 3 aromatic rings. The van der Waals surface area contributed by atoms with Gasteiger partial charge in [-0.2, -0.15) is 0 Å². The van der Waals surface area contributed by atoms with E-state index in [-0.39, 0.29) is 23.2 Å². The van der Waals surface area contributed by atoms with Crippen LogP contribution in [0.15, 0.2) is 72.4 Å². The average molecular weight is 496 g/mol. The van der Waals surface area contributed by atoms with Crippen molar-refractivity contribution >= 4 is 58.5 Å². The molecule has 0 radical (unpaired) electrons. The standard InChI is InChI=1S/C25H19Cl2N3O4/c1-15-2-7-18(8-3-15)28-23(31)14-34-22-11-4-16(12-20(22)27)13-21-24(32)30(25(33)29-21)19-9-5-17(26)6-10-19/h2-13H,14H2,1H3,(H,28,31)(H,29,33)/b21-13+. The number of rotatable bonds is 6. The van der Waals surface area contributed by atoms with E-state index in [0.29, 0.717) is 27.7 Å². The molecule has 1 aliphatic heterocycles. The number of amides is 4. The van der Waals surface area contributed by atoms with Crippen LogP contribution in [0.25, 0.3) is 6.08 Å². The van der Waals surface area contributed by atoms with Gasteiger partial charge in [0, 0.05) is 10.7 Å². The summed E-state index contributed by atoms with van der Waals surface area (Å²) in [6.07, 6.45) is 1.51. The molecule has 1 aliphatic rings. The quantitative estimate of drug-likeness (QED) is 0.353. The molecular formula is C25H19Cl2N3O4. The van der Waals surface area contributed by atoms with Crippen LogP contribution < -0.4 is 20.3 Å². The molecule has 1 heterocycles. The molecule has 0 spiro atoms. The summed E-state index contributed by atoms with van der Waals surface area (Å²) in [5.41, 5.74) is 2.84. The number of nitrogens with one attached hydrogen (secondary N) is 2. The van der Waals surface area contributed by atoms with Gasteiger partial charge in [0.15, 0.2) is 6.61 Å². The van der Waals surface area contributed by atoms with Crippen molar-refractivity contribution in [3.63, 3.8) is 0 Å². The average Bonchev–Trinajstić information content (AvgIpc) is 3.08. The first kappa shape index (κ1) is 23.4. The molecule has 4 rings (SSSR count). The van der Waals surface area contributed by atoms with E-state index in [4.69, 9.17) is 27.9 Å². The highest BCUT2D eigenvalue weighted by atomic mass is 35.5. The third kappa shape index (κ3) is 5.39. The van der Waals surface area contributed by atoms with E-state index in [1.807, 2.05) is 19.1 Å². The molecule has 1 fully saturated rings.